The minimum Gasteiger partial charge on any atom is -0.481 e. The summed E-state index contributed by atoms with van der Waals surface area (Å²) in [7, 11) is 0. The van der Waals surface area contributed by atoms with Gasteiger partial charge in [0.15, 0.2) is 0 Å². The Morgan fingerprint density at radius 1 is 1.35 bits per heavy atom. The van der Waals surface area contributed by atoms with Crippen molar-refractivity contribution in [3.63, 3.8) is 0 Å². The van der Waals surface area contributed by atoms with E-state index in [1.807, 2.05) is 6.92 Å². The molecular formula is C13H23N3O4. The monoisotopic (exact) mass is 285 g/mol. The van der Waals surface area contributed by atoms with Gasteiger partial charge in [-0.2, -0.15) is 0 Å². The lowest BCUT2D eigenvalue weighted by Gasteiger charge is -2.23. The van der Waals surface area contributed by atoms with Crippen LogP contribution in [0.4, 0.5) is 4.79 Å². The molecule has 0 saturated carbocycles. The number of amides is 3. The van der Waals surface area contributed by atoms with Crippen molar-refractivity contribution in [2.24, 2.45) is 11.1 Å². The molecule has 1 atom stereocenters. The first-order valence-corrected chi connectivity index (χ1v) is 6.96. The molecule has 4 N–H and O–H groups in total. The number of carbonyl (C=O) groups excluding carboxylic acids is 2. The van der Waals surface area contributed by atoms with Crippen LogP contribution in [0.15, 0.2) is 0 Å². The van der Waals surface area contributed by atoms with Gasteiger partial charge in [-0.1, -0.05) is 6.92 Å². The van der Waals surface area contributed by atoms with Gasteiger partial charge < -0.3 is 21.1 Å². The summed E-state index contributed by atoms with van der Waals surface area (Å²) < 4.78 is 0. The van der Waals surface area contributed by atoms with Crippen molar-refractivity contribution in [3.05, 3.63) is 0 Å². The fourth-order valence-electron chi connectivity index (χ4n) is 2.39. The highest BCUT2D eigenvalue weighted by atomic mass is 16.4. The second-order valence-electron chi connectivity index (χ2n) is 5.27. The van der Waals surface area contributed by atoms with Gasteiger partial charge in [0.25, 0.3) is 0 Å². The highest BCUT2D eigenvalue weighted by molar-refractivity contribution is 5.79. The molecule has 0 radical (unpaired) electrons. The Bertz CT molecular complexity index is 386. The molecule has 1 fully saturated rings. The molecule has 0 aromatic rings. The Kier molecular flexibility index (Phi) is 5.79. The van der Waals surface area contributed by atoms with E-state index in [0.717, 1.165) is 0 Å². The molecule has 7 nitrogen and oxygen atoms in total. The number of carboxylic acid groups (broad SMARTS) is 1. The standard InChI is InChI=1S/C13H23N3O4/c1-2-13(11(18)19)6-8-16(9-13)12(20)15-7-4-3-5-10(14)17/h2-9H2,1H3,(H2,14,17)(H,15,20)(H,18,19). The highest BCUT2D eigenvalue weighted by Gasteiger charge is 2.44. The second-order valence-corrected chi connectivity index (χ2v) is 5.27. The van der Waals surface area contributed by atoms with E-state index in [1.54, 1.807) is 4.90 Å². The molecule has 0 aromatic carbocycles. The van der Waals surface area contributed by atoms with Gasteiger partial charge in [0.1, 0.15) is 0 Å². The fourth-order valence-corrected chi connectivity index (χ4v) is 2.39. The van der Waals surface area contributed by atoms with Crippen molar-refractivity contribution in [2.45, 2.75) is 39.0 Å². The molecule has 20 heavy (non-hydrogen) atoms. The molecule has 0 aromatic heterocycles. The number of carbonyl (C=O) groups is 3. The lowest BCUT2D eigenvalue weighted by molar-refractivity contribution is -0.148. The second kappa shape index (κ2) is 7.12. The van der Waals surface area contributed by atoms with Crippen LogP contribution in [0, 0.1) is 5.41 Å². The zero-order valence-electron chi connectivity index (χ0n) is 11.9. The number of hydrogen-bond donors (Lipinski definition) is 3. The molecule has 114 valence electrons. The molecule has 1 rings (SSSR count). The van der Waals surface area contributed by atoms with Crippen LogP contribution < -0.4 is 11.1 Å². The SMILES string of the molecule is CCC1(C(=O)O)CCN(C(=O)NCCCCC(N)=O)C1. The van der Waals surface area contributed by atoms with Crippen LogP contribution in [0.5, 0.6) is 0 Å². The van der Waals surface area contributed by atoms with Crippen molar-refractivity contribution in [2.75, 3.05) is 19.6 Å². The molecule has 1 heterocycles. The quantitative estimate of drug-likeness (QED) is 0.592. The highest BCUT2D eigenvalue weighted by Crippen LogP contribution is 2.34. The number of urea groups is 1. The summed E-state index contributed by atoms with van der Waals surface area (Å²) in [4.78, 5) is 35.3. The van der Waals surface area contributed by atoms with Gasteiger partial charge in [0.05, 0.1) is 5.41 Å². The number of unbranched alkanes of at least 4 members (excludes halogenated alkanes) is 1. The smallest absolute Gasteiger partial charge is 0.317 e. The van der Waals surface area contributed by atoms with Gasteiger partial charge in [-0.15, -0.1) is 0 Å². The molecule has 0 bridgehead atoms. The van der Waals surface area contributed by atoms with E-state index < -0.39 is 11.4 Å². The van der Waals surface area contributed by atoms with E-state index in [1.165, 1.54) is 0 Å². The molecule has 3 amide bonds. The van der Waals surface area contributed by atoms with Crippen LogP contribution in [0.1, 0.15) is 39.0 Å². The normalized spacial score (nSPS) is 21.8. The minimum atomic E-state index is -0.836. The molecule has 0 aliphatic carbocycles. The van der Waals surface area contributed by atoms with Gasteiger partial charge in [-0.3, -0.25) is 9.59 Å². The van der Waals surface area contributed by atoms with Gasteiger partial charge in [0, 0.05) is 26.1 Å². The van der Waals surface area contributed by atoms with Crippen molar-refractivity contribution in [3.8, 4) is 0 Å². The van der Waals surface area contributed by atoms with Gasteiger partial charge >= 0.3 is 12.0 Å². The average molecular weight is 285 g/mol. The van der Waals surface area contributed by atoms with Crippen molar-refractivity contribution >= 4 is 17.9 Å². The number of nitrogens with two attached hydrogens (primary N) is 1. The van der Waals surface area contributed by atoms with E-state index in [-0.39, 0.29) is 18.5 Å². The Labute approximate surface area is 118 Å². The van der Waals surface area contributed by atoms with E-state index in [2.05, 4.69) is 5.32 Å². The number of carboxylic acids is 1. The number of primary amides is 1. The van der Waals surface area contributed by atoms with E-state index >= 15 is 0 Å². The lowest BCUT2D eigenvalue weighted by atomic mass is 9.84. The summed E-state index contributed by atoms with van der Waals surface area (Å²) in [6, 6.07) is -0.236. The maximum Gasteiger partial charge on any atom is 0.317 e. The number of nitrogens with one attached hydrogen (secondary N) is 1. The van der Waals surface area contributed by atoms with Crippen LogP contribution in [-0.2, 0) is 9.59 Å². The third kappa shape index (κ3) is 4.11. The molecule has 7 heteroatoms. The molecular weight excluding hydrogens is 262 g/mol. The molecule has 1 saturated heterocycles. The lowest BCUT2D eigenvalue weighted by Crippen LogP contribution is -2.41. The van der Waals surface area contributed by atoms with Crippen LogP contribution in [-0.4, -0.2) is 47.5 Å². The summed E-state index contributed by atoms with van der Waals surface area (Å²) in [6.07, 6.45) is 2.65. The Morgan fingerprint density at radius 3 is 2.55 bits per heavy atom. The first-order valence-electron chi connectivity index (χ1n) is 6.96. The third-order valence-electron chi connectivity index (χ3n) is 3.90. The number of hydrogen-bond acceptors (Lipinski definition) is 3. The molecule has 0 spiro atoms. The Balaban J connectivity index is 2.32. The van der Waals surface area contributed by atoms with Gasteiger partial charge in [-0.05, 0) is 25.7 Å². The van der Waals surface area contributed by atoms with Crippen molar-refractivity contribution in [1.29, 1.82) is 0 Å². The maximum absolute atomic E-state index is 11.9. The molecule has 1 unspecified atom stereocenters. The summed E-state index contributed by atoms with van der Waals surface area (Å²) in [6.45, 7) is 3.02. The van der Waals surface area contributed by atoms with Crippen LogP contribution in [0.2, 0.25) is 0 Å². The third-order valence-corrected chi connectivity index (χ3v) is 3.90. The van der Waals surface area contributed by atoms with E-state index in [0.29, 0.717) is 45.2 Å². The number of likely N-dealkylation sites (tertiary alicyclic amines) is 1. The Hall–Kier alpha value is -1.79. The van der Waals surface area contributed by atoms with Crippen LogP contribution >= 0.6 is 0 Å². The van der Waals surface area contributed by atoms with Gasteiger partial charge in [-0.25, -0.2) is 4.79 Å². The first-order chi connectivity index (χ1) is 9.41. The number of nitrogens with zero attached hydrogens (tertiary/aromatic N) is 1. The number of aliphatic carboxylic acids is 1. The summed E-state index contributed by atoms with van der Waals surface area (Å²) in [5.74, 6) is -1.18. The van der Waals surface area contributed by atoms with Crippen molar-refractivity contribution < 1.29 is 19.5 Å². The van der Waals surface area contributed by atoms with Crippen LogP contribution in [0.3, 0.4) is 0 Å². The van der Waals surface area contributed by atoms with Crippen molar-refractivity contribution in [1.82, 2.24) is 10.2 Å². The topological polar surface area (TPSA) is 113 Å². The number of rotatable bonds is 7. The Morgan fingerprint density at radius 2 is 2.05 bits per heavy atom. The fraction of sp³-hybridized carbons (Fsp3) is 0.769. The zero-order chi connectivity index (χ0) is 15.2. The predicted octanol–water partition coefficient (Wildman–Crippen LogP) is 0.538. The van der Waals surface area contributed by atoms with Crippen LogP contribution in [0.25, 0.3) is 0 Å². The minimum absolute atomic E-state index is 0.236. The summed E-state index contributed by atoms with van der Waals surface area (Å²) in [5, 5.41) is 12.0. The molecule has 1 aliphatic rings. The first kappa shape index (κ1) is 16.3. The maximum atomic E-state index is 11.9. The average Bonchev–Trinajstić information content (AvgIpc) is 2.83. The summed E-state index contributed by atoms with van der Waals surface area (Å²) >= 11 is 0. The van der Waals surface area contributed by atoms with E-state index in [4.69, 9.17) is 5.73 Å². The largest absolute Gasteiger partial charge is 0.481 e. The molecule has 1 aliphatic heterocycles. The summed E-state index contributed by atoms with van der Waals surface area (Å²) in [5.41, 5.74) is 4.22. The van der Waals surface area contributed by atoms with Gasteiger partial charge in [0.2, 0.25) is 5.91 Å². The van der Waals surface area contributed by atoms with E-state index in [9.17, 15) is 19.5 Å². The predicted molar refractivity (Wildman–Crippen MR) is 73.0 cm³/mol. The zero-order valence-corrected chi connectivity index (χ0v) is 11.9.